The van der Waals surface area contributed by atoms with Crippen molar-refractivity contribution in [1.82, 2.24) is 0 Å². The minimum Gasteiger partial charge on any atom is -0.497 e. The molecule has 0 heterocycles. The number of amides is 1. The maximum absolute atomic E-state index is 12.2. The molecule has 0 saturated heterocycles. The number of hydrogen-bond donors (Lipinski definition) is 2. The average Bonchev–Trinajstić information content (AvgIpc) is 2.64. The number of carbonyl (C=O) groups excluding carboxylic acids is 1. The standard InChI is InChI=1S/C20H26N2O4/c1-14(2)13-26-17-7-5-6-15(10-17)22-20(23)12-21-18-11-16(24-3)8-9-19(18)25-4/h5-11,14,21H,12-13H2,1-4H3,(H,22,23). The third-order valence-electron chi connectivity index (χ3n) is 3.55. The molecule has 6 heteroatoms. The molecule has 1 amide bonds. The smallest absolute Gasteiger partial charge is 0.243 e. The second-order valence-electron chi connectivity index (χ2n) is 6.20. The number of methoxy groups -OCH3 is 2. The van der Waals surface area contributed by atoms with Gasteiger partial charge in [0.25, 0.3) is 0 Å². The molecule has 0 fully saturated rings. The fourth-order valence-corrected chi connectivity index (χ4v) is 2.26. The molecule has 0 saturated carbocycles. The van der Waals surface area contributed by atoms with Crippen molar-refractivity contribution in [3.63, 3.8) is 0 Å². The van der Waals surface area contributed by atoms with Crippen LogP contribution in [0, 0.1) is 5.92 Å². The van der Waals surface area contributed by atoms with Crippen molar-refractivity contribution in [1.29, 1.82) is 0 Å². The van der Waals surface area contributed by atoms with Crippen molar-refractivity contribution in [2.75, 3.05) is 38.0 Å². The van der Waals surface area contributed by atoms with Gasteiger partial charge in [-0.25, -0.2) is 0 Å². The highest BCUT2D eigenvalue weighted by Gasteiger charge is 2.08. The van der Waals surface area contributed by atoms with Crippen LogP contribution in [0.4, 0.5) is 11.4 Å². The van der Waals surface area contributed by atoms with Crippen molar-refractivity contribution in [2.24, 2.45) is 5.92 Å². The molecule has 0 atom stereocenters. The van der Waals surface area contributed by atoms with Crippen molar-refractivity contribution >= 4 is 17.3 Å². The van der Waals surface area contributed by atoms with Crippen LogP contribution in [0.1, 0.15) is 13.8 Å². The number of nitrogens with one attached hydrogen (secondary N) is 2. The third-order valence-corrected chi connectivity index (χ3v) is 3.55. The first-order valence-corrected chi connectivity index (χ1v) is 8.50. The van der Waals surface area contributed by atoms with Crippen molar-refractivity contribution in [3.8, 4) is 17.2 Å². The first-order valence-electron chi connectivity index (χ1n) is 8.50. The normalized spacial score (nSPS) is 10.3. The molecule has 2 aromatic carbocycles. The summed E-state index contributed by atoms with van der Waals surface area (Å²) in [6.07, 6.45) is 0. The van der Waals surface area contributed by atoms with Gasteiger partial charge in [-0.3, -0.25) is 4.79 Å². The quantitative estimate of drug-likeness (QED) is 0.714. The molecule has 2 aromatic rings. The lowest BCUT2D eigenvalue weighted by Gasteiger charge is -2.13. The molecule has 0 aromatic heterocycles. The molecule has 0 unspecified atom stereocenters. The predicted octanol–water partition coefficient (Wildman–Crippen LogP) is 3.79. The molecule has 6 nitrogen and oxygen atoms in total. The number of rotatable bonds is 9. The summed E-state index contributed by atoms with van der Waals surface area (Å²) in [5.74, 6) is 2.33. The Morgan fingerprint density at radius 1 is 1.04 bits per heavy atom. The second kappa shape index (κ2) is 9.56. The Labute approximate surface area is 154 Å². The Kier molecular flexibility index (Phi) is 7.14. The molecule has 0 aliphatic heterocycles. The topological polar surface area (TPSA) is 68.8 Å². The fraction of sp³-hybridized carbons (Fsp3) is 0.350. The number of hydrogen-bond acceptors (Lipinski definition) is 5. The lowest BCUT2D eigenvalue weighted by Crippen LogP contribution is -2.22. The predicted molar refractivity (Wildman–Crippen MR) is 103 cm³/mol. The maximum Gasteiger partial charge on any atom is 0.243 e. The van der Waals surface area contributed by atoms with Gasteiger partial charge in [-0.05, 0) is 30.2 Å². The Balaban J connectivity index is 1.94. The third kappa shape index (κ3) is 5.88. The van der Waals surface area contributed by atoms with Gasteiger partial charge in [0.15, 0.2) is 0 Å². The van der Waals surface area contributed by atoms with Gasteiger partial charge < -0.3 is 24.8 Å². The van der Waals surface area contributed by atoms with E-state index in [2.05, 4.69) is 24.5 Å². The van der Waals surface area contributed by atoms with E-state index >= 15 is 0 Å². The zero-order chi connectivity index (χ0) is 18.9. The van der Waals surface area contributed by atoms with E-state index in [1.807, 2.05) is 24.3 Å². The monoisotopic (exact) mass is 358 g/mol. The van der Waals surface area contributed by atoms with E-state index < -0.39 is 0 Å². The lowest BCUT2D eigenvalue weighted by atomic mass is 10.2. The van der Waals surface area contributed by atoms with Crippen molar-refractivity contribution in [3.05, 3.63) is 42.5 Å². The van der Waals surface area contributed by atoms with Gasteiger partial charge in [-0.1, -0.05) is 19.9 Å². The van der Waals surface area contributed by atoms with Gasteiger partial charge in [0, 0.05) is 17.8 Å². The van der Waals surface area contributed by atoms with E-state index in [1.54, 1.807) is 32.4 Å². The Hall–Kier alpha value is -2.89. The molecule has 0 bridgehead atoms. The van der Waals surface area contributed by atoms with E-state index in [-0.39, 0.29) is 12.5 Å². The van der Waals surface area contributed by atoms with Crippen LogP contribution in [0.5, 0.6) is 17.2 Å². The molecule has 0 aliphatic carbocycles. The van der Waals surface area contributed by atoms with Crippen LogP contribution in [-0.4, -0.2) is 33.3 Å². The molecule has 0 spiro atoms. The molecule has 2 rings (SSSR count). The highest BCUT2D eigenvalue weighted by Crippen LogP contribution is 2.28. The summed E-state index contributed by atoms with van der Waals surface area (Å²) in [5, 5.41) is 5.92. The first kappa shape index (κ1) is 19.4. The van der Waals surface area contributed by atoms with Crippen molar-refractivity contribution < 1.29 is 19.0 Å². The fourth-order valence-electron chi connectivity index (χ4n) is 2.26. The zero-order valence-electron chi connectivity index (χ0n) is 15.7. The summed E-state index contributed by atoms with van der Waals surface area (Å²) in [4.78, 5) is 12.2. The van der Waals surface area contributed by atoms with Gasteiger partial charge in [0.05, 0.1) is 33.1 Å². The number of carbonyl (C=O) groups is 1. The van der Waals surface area contributed by atoms with Gasteiger partial charge >= 0.3 is 0 Å². The summed E-state index contributed by atoms with van der Waals surface area (Å²) < 4.78 is 16.2. The minimum absolute atomic E-state index is 0.0978. The largest absolute Gasteiger partial charge is 0.497 e. The zero-order valence-corrected chi connectivity index (χ0v) is 15.7. The van der Waals surface area contributed by atoms with E-state index in [9.17, 15) is 4.79 Å². The van der Waals surface area contributed by atoms with Crippen LogP contribution in [0.15, 0.2) is 42.5 Å². The molecular weight excluding hydrogens is 332 g/mol. The van der Waals surface area contributed by atoms with Gasteiger partial charge in [-0.15, -0.1) is 0 Å². The Bertz CT molecular complexity index is 732. The van der Waals surface area contributed by atoms with Crippen LogP contribution < -0.4 is 24.8 Å². The second-order valence-corrected chi connectivity index (χ2v) is 6.20. The summed E-state index contributed by atoms with van der Waals surface area (Å²) >= 11 is 0. The van der Waals surface area contributed by atoms with Crippen LogP contribution in [0.25, 0.3) is 0 Å². The van der Waals surface area contributed by atoms with Crippen LogP contribution >= 0.6 is 0 Å². The number of ether oxygens (including phenoxy) is 3. The minimum atomic E-state index is -0.170. The van der Waals surface area contributed by atoms with Crippen LogP contribution in [-0.2, 0) is 4.79 Å². The summed E-state index contributed by atoms with van der Waals surface area (Å²) in [5.41, 5.74) is 1.38. The van der Waals surface area contributed by atoms with Crippen LogP contribution in [0.2, 0.25) is 0 Å². The van der Waals surface area contributed by atoms with Gasteiger partial charge in [-0.2, -0.15) is 0 Å². The highest BCUT2D eigenvalue weighted by molar-refractivity contribution is 5.94. The van der Waals surface area contributed by atoms with Crippen molar-refractivity contribution in [2.45, 2.75) is 13.8 Å². The van der Waals surface area contributed by atoms with Gasteiger partial charge in [0.2, 0.25) is 5.91 Å². The summed E-state index contributed by atoms with van der Waals surface area (Å²) in [6, 6.07) is 12.7. The first-order chi connectivity index (χ1) is 12.5. The molecular formula is C20H26N2O4. The lowest BCUT2D eigenvalue weighted by molar-refractivity contribution is -0.114. The molecule has 26 heavy (non-hydrogen) atoms. The van der Waals surface area contributed by atoms with E-state index in [0.717, 1.165) is 5.75 Å². The van der Waals surface area contributed by atoms with E-state index in [1.165, 1.54) is 0 Å². The summed E-state index contributed by atoms with van der Waals surface area (Å²) in [7, 11) is 3.17. The Morgan fingerprint density at radius 3 is 2.54 bits per heavy atom. The molecule has 140 valence electrons. The summed E-state index contributed by atoms with van der Waals surface area (Å²) in [6.45, 7) is 4.91. The maximum atomic E-state index is 12.2. The average molecular weight is 358 g/mol. The number of anilines is 2. The Morgan fingerprint density at radius 2 is 1.85 bits per heavy atom. The molecule has 0 radical (unpaired) electrons. The highest BCUT2D eigenvalue weighted by atomic mass is 16.5. The van der Waals surface area contributed by atoms with E-state index in [0.29, 0.717) is 35.4 Å². The number of benzene rings is 2. The van der Waals surface area contributed by atoms with Crippen LogP contribution in [0.3, 0.4) is 0 Å². The molecule has 2 N–H and O–H groups in total. The molecule has 0 aliphatic rings. The SMILES string of the molecule is COc1ccc(OC)c(NCC(=O)Nc2cccc(OCC(C)C)c2)c1. The van der Waals surface area contributed by atoms with E-state index in [4.69, 9.17) is 14.2 Å². The van der Waals surface area contributed by atoms with Gasteiger partial charge in [0.1, 0.15) is 17.2 Å².